The van der Waals surface area contributed by atoms with Crippen molar-refractivity contribution in [2.24, 2.45) is 0 Å². The molecule has 1 heterocycles. The van der Waals surface area contributed by atoms with Crippen LogP contribution in [0.1, 0.15) is 12.5 Å². The number of hydrogen-bond acceptors (Lipinski definition) is 4. The fourth-order valence-electron chi connectivity index (χ4n) is 1.89. The molecule has 2 rings (SSSR count). The number of anilines is 2. The van der Waals surface area contributed by atoms with Crippen molar-refractivity contribution >= 4 is 11.5 Å². The highest BCUT2D eigenvalue weighted by Crippen LogP contribution is 2.16. The molecule has 0 aliphatic carbocycles. The summed E-state index contributed by atoms with van der Waals surface area (Å²) in [6, 6.07) is 8.06. The minimum atomic E-state index is 0.687. The van der Waals surface area contributed by atoms with Gasteiger partial charge in [-0.15, -0.1) is 0 Å². The average Bonchev–Trinajstić information content (AvgIpc) is 2.80. The molecule has 5 heteroatoms. The largest absolute Gasteiger partial charge is 0.497 e. The Morgan fingerprint density at radius 3 is 2.95 bits per heavy atom. The van der Waals surface area contributed by atoms with Gasteiger partial charge in [0.1, 0.15) is 5.75 Å². The van der Waals surface area contributed by atoms with Crippen LogP contribution in [0.3, 0.4) is 0 Å². The third-order valence-electron chi connectivity index (χ3n) is 2.95. The Kier molecular flexibility index (Phi) is 4.28. The maximum atomic E-state index is 5.88. The number of hydrogen-bond donors (Lipinski definition) is 2. The van der Waals surface area contributed by atoms with Crippen molar-refractivity contribution in [1.82, 2.24) is 9.78 Å². The van der Waals surface area contributed by atoms with Crippen molar-refractivity contribution < 1.29 is 4.74 Å². The Bertz CT molecular complexity index is 536. The molecule has 0 atom stereocenters. The van der Waals surface area contributed by atoms with Gasteiger partial charge in [0.05, 0.1) is 19.0 Å². The fraction of sp³-hybridized carbons (Fsp3) is 0.357. The smallest absolute Gasteiger partial charge is 0.171 e. The molecule has 1 aromatic carbocycles. The molecule has 0 fully saturated rings. The summed E-state index contributed by atoms with van der Waals surface area (Å²) in [5, 5.41) is 7.60. The van der Waals surface area contributed by atoms with Gasteiger partial charge in [0, 0.05) is 13.1 Å². The van der Waals surface area contributed by atoms with Crippen LogP contribution in [0.15, 0.2) is 30.5 Å². The Morgan fingerprint density at radius 2 is 2.26 bits per heavy atom. The number of nitrogens with two attached hydrogens (primary N) is 1. The molecule has 0 unspecified atom stereocenters. The maximum absolute atomic E-state index is 5.88. The van der Waals surface area contributed by atoms with Gasteiger partial charge in [-0.25, -0.2) is 0 Å². The number of methoxy groups -OCH3 is 1. The molecule has 102 valence electrons. The van der Waals surface area contributed by atoms with E-state index in [1.165, 1.54) is 5.56 Å². The Balaban J connectivity index is 1.90. The highest BCUT2D eigenvalue weighted by atomic mass is 16.5. The van der Waals surface area contributed by atoms with E-state index in [4.69, 9.17) is 10.5 Å². The number of aromatic nitrogens is 2. The molecule has 0 saturated carbocycles. The second-order valence-corrected chi connectivity index (χ2v) is 4.32. The van der Waals surface area contributed by atoms with Gasteiger partial charge in [0.2, 0.25) is 0 Å². The van der Waals surface area contributed by atoms with Crippen LogP contribution < -0.4 is 15.8 Å². The van der Waals surface area contributed by atoms with E-state index < -0.39 is 0 Å². The van der Waals surface area contributed by atoms with Crippen LogP contribution in [0.25, 0.3) is 0 Å². The lowest BCUT2D eigenvalue weighted by Gasteiger charge is -2.06. The van der Waals surface area contributed by atoms with Gasteiger partial charge in [-0.2, -0.15) is 5.10 Å². The van der Waals surface area contributed by atoms with Crippen LogP contribution in [0, 0.1) is 0 Å². The number of ether oxygens (including phenoxy) is 1. The SMILES string of the molecule is CCn1cc(N)c(NCCc2cccc(OC)c2)n1. The lowest BCUT2D eigenvalue weighted by molar-refractivity contribution is 0.414. The minimum Gasteiger partial charge on any atom is -0.497 e. The molecule has 0 aliphatic heterocycles. The predicted molar refractivity (Wildman–Crippen MR) is 77.5 cm³/mol. The summed E-state index contributed by atoms with van der Waals surface area (Å²) in [4.78, 5) is 0. The number of nitrogens with one attached hydrogen (secondary N) is 1. The first kappa shape index (κ1) is 13.3. The highest BCUT2D eigenvalue weighted by molar-refractivity contribution is 5.59. The Hall–Kier alpha value is -2.17. The van der Waals surface area contributed by atoms with E-state index in [2.05, 4.69) is 16.5 Å². The minimum absolute atomic E-state index is 0.687. The van der Waals surface area contributed by atoms with Gasteiger partial charge >= 0.3 is 0 Å². The quantitative estimate of drug-likeness (QED) is 0.835. The molecule has 19 heavy (non-hydrogen) atoms. The second-order valence-electron chi connectivity index (χ2n) is 4.32. The van der Waals surface area contributed by atoms with Crippen molar-refractivity contribution in [3.8, 4) is 5.75 Å². The maximum Gasteiger partial charge on any atom is 0.171 e. The lowest BCUT2D eigenvalue weighted by Crippen LogP contribution is -2.07. The molecule has 5 nitrogen and oxygen atoms in total. The molecule has 0 bridgehead atoms. The highest BCUT2D eigenvalue weighted by Gasteiger charge is 2.04. The topological polar surface area (TPSA) is 65.1 Å². The van der Waals surface area contributed by atoms with Crippen LogP contribution in [-0.2, 0) is 13.0 Å². The van der Waals surface area contributed by atoms with Crippen LogP contribution >= 0.6 is 0 Å². The number of benzene rings is 1. The number of aryl methyl sites for hydroxylation is 1. The monoisotopic (exact) mass is 260 g/mol. The summed E-state index contributed by atoms with van der Waals surface area (Å²) in [6.07, 6.45) is 2.74. The summed E-state index contributed by atoms with van der Waals surface area (Å²) in [7, 11) is 1.68. The van der Waals surface area contributed by atoms with Crippen LogP contribution in [-0.4, -0.2) is 23.4 Å². The van der Waals surface area contributed by atoms with E-state index in [9.17, 15) is 0 Å². The normalized spacial score (nSPS) is 10.4. The lowest BCUT2D eigenvalue weighted by atomic mass is 10.1. The van der Waals surface area contributed by atoms with Gasteiger partial charge in [-0.05, 0) is 31.0 Å². The number of nitrogen functional groups attached to an aromatic ring is 1. The predicted octanol–water partition coefficient (Wildman–Crippen LogP) is 2.15. The summed E-state index contributed by atoms with van der Waals surface area (Å²) in [5.41, 5.74) is 7.79. The summed E-state index contributed by atoms with van der Waals surface area (Å²) in [6.45, 7) is 3.65. The molecule has 0 radical (unpaired) electrons. The van der Waals surface area contributed by atoms with Crippen molar-refractivity contribution in [3.05, 3.63) is 36.0 Å². The first-order valence-corrected chi connectivity index (χ1v) is 6.42. The zero-order valence-corrected chi connectivity index (χ0v) is 11.4. The van der Waals surface area contributed by atoms with Gasteiger partial charge in [0.25, 0.3) is 0 Å². The molecule has 1 aromatic heterocycles. The van der Waals surface area contributed by atoms with E-state index in [1.807, 2.05) is 36.0 Å². The first-order chi connectivity index (χ1) is 9.22. The molecule has 0 amide bonds. The average molecular weight is 260 g/mol. The van der Waals surface area contributed by atoms with Crippen molar-refractivity contribution in [1.29, 1.82) is 0 Å². The van der Waals surface area contributed by atoms with Gasteiger partial charge < -0.3 is 15.8 Å². The zero-order chi connectivity index (χ0) is 13.7. The van der Waals surface area contributed by atoms with Gasteiger partial charge in [0.15, 0.2) is 5.82 Å². The van der Waals surface area contributed by atoms with E-state index in [0.29, 0.717) is 5.69 Å². The Morgan fingerprint density at radius 1 is 1.42 bits per heavy atom. The van der Waals surface area contributed by atoms with E-state index in [1.54, 1.807) is 7.11 Å². The molecule has 3 N–H and O–H groups in total. The molecular formula is C14H20N4O. The Labute approximate surface area is 113 Å². The van der Waals surface area contributed by atoms with E-state index in [0.717, 1.165) is 31.1 Å². The van der Waals surface area contributed by atoms with Crippen molar-refractivity contribution in [2.45, 2.75) is 19.9 Å². The standard InChI is InChI=1S/C14H20N4O/c1-3-18-10-13(15)14(17-18)16-8-7-11-5-4-6-12(9-11)19-2/h4-6,9-10H,3,7-8,15H2,1-2H3,(H,16,17). The van der Waals surface area contributed by atoms with Crippen molar-refractivity contribution in [2.75, 3.05) is 24.7 Å². The molecule has 0 saturated heterocycles. The van der Waals surface area contributed by atoms with Crippen molar-refractivity contribution in [3.63, 3.8) is 0 Å². The number of nitrogens with zero attached hydrogens (tertiary/aromatic N) is 2. The number of rotatable bonds is 6. The van der Waals surface area contributed by atoms with Crippen LogP contribution in [0.4, 0.5) is 11.5 Å². The van der Waals surface area contributed by atoms with Crippen LogP contribution in [0.2, 0.25) is 0 Å². The second kappa shape index (κ2) is 6.13. The van der Waals surface area contributed by atoms with Crippen LogP contribution in [0.5, 0.6) is 5.75 Å². The third kappa shape index (κ3) is 3.40. The molecule has 0 aliphatic rings. The summed E-state index contributed by atoms with van der Waals surface area (Å²) < 4.78 is 7.02. The van der Waals surface area contributed by atoms with E-state index in [-0.39, 0.29) is 0 Å². The zero-order valence-electron chi connectivity index (χ0n) is 11.4. The summed E-state index contributed by atoms with van der Waals surface area (Å²) in [5.74, 6) is 1.64. The fourth-order valence-corrected chi connectivity index (χ4v) is 1.89. The van der Waals surface area contributed by atoms with E-state index >= 15 is 0 Å². The van der Waals surface area contributed by atoms with Gasteiger partial charge in [-0.1, -0.05) is 12.1 Å². The first-order valence-electron chi connectivity index (χ1n) is 6.42. The third-order valence-corrected chi connectivity index (χ3v) is 2.95. The molecule has 0 spiro atoms. The van der Waals surface area contributed by atoms with Gasteiger partial charge in [-0.3, -0.25) is 4.68 Å². The summed E-state index contributed by atoms with van der Waals surface area (Å²) >= 11 is 0. The molecule has 2 aromatic rings. The molecular weight excluding hydrogens is 240 g/mol.